The first kappa shape index (κ1) is 62.0. The van der Waals surface area contributed by atoms with Crippen LogP contribution in [0.4, 0.5) is 59.3 Å². The summed E-state index contributed by atoms with van der Waals surface area (Å²) in [6.07, 6.45) is -16.1. The number of piperazine rings is 1. The maximum atomic E-state index is 16.1. The minimum absolute atomic E-state index is 0.156. The average molecular weight is 1140 g/mol. The molecule has 2 fully saturated rings. The monoisotopic (exact) mass is 1140 g/mol. The summed E-state index contributed by atoms with van der Waals surface area (Å²) in [6, 6.07) is 5.81. The molecule has 5 atom stereocenters. The van der Waals surface area contributed by atoms with Crippen LogP contribution >= 0.6 is 0 Å². The van der Waals surface area contributed by atoms with Crippen molar-refractivity contribution in [2.75, 3.05) is 65.1 Å². The number of nitrogens with zero attached hydrogens (tertiary/aromatic N) is 6. The molecule has 2 aromatic heterocycles. The smallest absolute Gasteiger partial charge is 0.407 e. The molecule has 28 heteroatoms. The van der Waals surface area contributed by atoms with Gasteiger partial charge < -0.3 is 40.2 Å². The highest BCUT2D eigenvalue weighted by Gasteiger charge is 2.57. The van der Waals surface area contributed by atoms with Gasteiger partial charge in [0.25, 0.3) is 12.3 Å². The van der Waals surface area contributed by atoms with Crippen molar-refractivity contribution in [1.29, 1.82) is 0 Å². The van der Waals surface area contributed by atoms with Crippen molar-refractivity contribution >= 4 is 29.8 Å². The highest BCUT2D eigenvalue weighted by Crippen LogP contribution is 2.42. The number of halogens is 10. The van der Waals surface area contributed by atoms with Crippen molar-refractivity contribution in [1.82, 2.24) is 46.0 Å². The van der Waals surface area contributed by atoms with E-state index in [4.69, 9.17) is 4.74 Å². The Morgan fingerprint density at radius 2 is 1.40 bits per heavy atom. The number of alkyl carbamates (subject to hydrolysis) is 2. The van der Waals surface area contributed by atoms with Crippen LogP contribution < -0.4 is 26.3 Å². The predicted molar refractivity (Wildman–Crippen MR) is 267 cm³/mol. The highest BCUT2D eigenvalue weighted by molar-refractivity contribution is 5.87. The molecule has 4 amide bonds. The molecule has 2 aromatic carbocycles. The number of ether oxygens (including phenoxy) is 3. The molecule has 0 unspecified atom stereocenters. The quantitative estimate of drug-likeness (QED) is 0.0419. The second kappa shape index (κ2) is 25.9. The van der Waals surface area contributed by atoms with E-state index >= 15 is 8.78 Å². The molecule has 2 aliphatic heterocycles. The Morgan fingerprint density at radius 3 is 1.96 bits per heavy atom. The fourth-order valence-electron chi connectivity index (χ4n) is 8.68. The number of carbonyl (C=O) groups is 4. The number of nitrogens with one attached hydrogen (secondary N) is 4. The summed E-state index contributed by atoms with van der Waals surface area (Å²) < 4.78 is 161. The molecule has 6 rings (SSSR count). The van der Waals surface area contributed by atoms with E-state index < -0.39 is 121 Å². The molecule has 2 aliphatic rings. The summed E-state index contributed by atoms with van der Waals surface area (Å²) in [4.78, 5) is 62.0. The summed E-state index contributed by atoms with van der Waals surface area (Å²) in [6.45, 7) is 3.79. The number of hydrogen-bond donors (Lipinski definition) is 5. The van der Waals surface area contributed by atoms with Gasteiger partial charge in [0.1, 0.15) is 36.1 Å². The molecular weight excluding hydrogens is 1080 g/mol. The number of benzene rings is 2. The second-order valence-electron chi connectivity index (χ2n) is 20.1. The molecule has 0 saturated carbocycles. The van der Waals surface area contributed by atoms with Crippen molar-refractivity contribution < 1.29 is 82.4 Å². The lowest BCUT2D eigenvalue weighted by Crippen LogP contribution is -2.63. The fraction of sp³-hybridized carbons (Fsp3) is 0.500. The Balaban J connectivity index is 1.33. The van der Waals surface area contributed by atoms with Crippen LogP contribution in [0, 0.1) is 34.3 Å². The Morgan fingerprint density at radius 1 is 0.812 bits per heavy atom. The number of rotatable bonds is 19. The minimum atomic E-state index is -5.23. The summed E-state index contributed by atoms with van der Waals surface area (Å²) in [7, 11) is 1.61. The van der Waals surface area contributed by atoms with E-state index in [2.05, 4.69) is 46.5 Å². The number of aliphatic hydroxyl groups is 1. The van der Waals surface area contributed by atoms with Crippen molar-refractivity contribution in [2.24, 2.45) is 10.8 Å². The number of alkyl halides is 8. The number of fused-ring (bicyclic) bond motifs is 1. The summed E-state index contributed by atoms with van der Waals surface area (Å²) in [5.74, 6) is 0.794. The van der Waals surface area contributed by atoms with Crippen LogP contribution in [0.5, 0.6) is 0 Å². The standard InChI is InChI=1S/C52H60F10N10O8/c1-49(2,51(57,58)59)43(65-47(76)78-5)45(74)64-39(21-31-10-7-30(8-11-31)9-12-32-13-14-42(63-24-32)70-18-17-69-19-20-80-29-34(69)25-70)40(73)27-72(68-46(75)44(66-48(77)79-6)50(3,4)52(60,61)62)26-35-36(53)22-33(23-37(35)54)38-15-16-71(67-38)28-41(55)56/h7-8,10-11,13-16,22-24,34,39-41,43-44,73H,17-21,25-29H2,1-6H3,(H,64,74)(H,65,76)(H,66,77)(H,68,75)/t34-,39+,40+,43-,44-/m1/s1. The molecule has 0 spiro atoms. The zero-order chi connectivity index (χ0) is 58.9. The molecule has 80 heavy (non-hydrogen) atoms. The SMILES string of the molecule is COC(=O)N[C@H](C(=O)N[C@@H](Cc1ccc(C#Cc2ccc(N3CCN4CCOC[C@H]4C3)nc2)cc1)[C@@H](O)CN(Cc1c(F)cc(-c2ccn(CC(F)F)n2)cc1F)NC(=O)[C@@H](NC(=O)OC)C(C)(C)C(F)(F)F)C(C)(C)C(F)(F)F. The van der Waals surface area contributed by atoms with Gasteiger partial charge in [-0.3, -0.25) is 24.6 Å². The van der Waals surface area contributed by atoms with Crippen molar-refractivity contribution in [3.05, 3.63) is 101 Å². The van der Waals surface area contributed by atoms with E-state index in [0.717, 1.165) is 69.2 Å². The Bertz CT molecular complexity index is 2840. The summed E-state index contributed by atoms with van der Waals surface area (Å²) >= 11 is 0. The minimum Gasteiger partial charge on any atom is -0.453 e. The lowest BCUT2D eigenvalue weighted by atomic mass is 9.82. The van der Waals surface area contributed by atoms with Crippen molar-refractivity contribution in [2.45, 2.75) is 96.3 Å². The third-order valence-corrected chi connectivity index (χ3v) is 13.8. The normalized spacial score (nSPS) is 16.8. The molecule has 436 valence electrons. The Kier molecular flexibility index (Phi) is 20.1. The van der Waals surface area contributed by atoms with E-state index in [1.54, 1.807) is 17.6 Å². The number of pyridine rings is 1. The Labute approximate surface area is 453 Å². The molecule has 0 radical (unpaired) electrons. The first-order valence-corrected chi connectivity index (χ1v) is 24.8. The van der Waals surface area contributed by atoms with E-state index in [0.29, 0.717) is 57.0 Å². The zero-order valence-electron chi connectivity index (χ0n) is 44.2. The van der Waals surface area contributed by atoms with Crippen molar-refractivity contribution in [3.8, 4) is 23.1 Å². The summed E-state index contributed by atoms with van der Waals surface area (Å²) in [5, 5.41) is 22.4. The largest absolute Gasteiger partial charge is 0.453 e. The predicted octanol–water partition coefficient (Wildman–Crippen LogP) is 5.96. The first-order valence-electron chi connectivity index (χ1n) is 24.8. The van der Waals surface area contributed by atoms with Crippen LogP contribution in [-0.2, 0) is 43.3 Å². The number of methoxy groups -OCH3 is 2. The average Bonchev–Trinajstić information content (AvgIpc) is 3.90. The van der Waals surface area contributed by atoms with E-state index in [1.807, 2.05) is 16.8 Å². The number of hydrogen-bond acceptors (Lipinski definition) is 13. The van der Waals surface area contributed by atoms with Crippen LogP contribution in [0.15, 0.2) is 67.0 Å². The van der Waals surface area contributed by atoms with Gasteiger partial charge in [0, 0.05) is 73.9 Å². The number of aromatic nitrogens is 3. The molecule has 0 aliphatic carbocycles. The van der Waals surface area contributed by atoms with Crippen LogP contribution in [0.1, 0.15) is 49.9 Å². The maximum Gasteiger partial charge on any atom is 0.407 e. The van der Waals surface area contributed by atoms with Gasteiger partial charge in [0.05, 0.1) is 62.1 Å². The molecule has 18 nitrogen and oxygen atoms in total. The fourth-order valence-corrected chi connectivity index (χ4v) is 8.68. The van der Waals surface area contributed by atoms with Gasteiger partial charge in [-0.2, -0.15) is 31.4 Å². The third-order valence-electron chi connectivity index (χ3n) is 13.8. The van der Waals surface area contributed by atoms with Crippen LogP contribution in [-0.4, -0.2) is 163 Å². The van der Waals surface area contributed by atoms with E-state index in [-0.39, 0.29) is 22.9 Å². The lowest BCUT2D eigenvalue weighted by molar-refractivity contribution is -0.221. The van der Waals surface area contributed by atoms with Gasteiger partial charge in [0.2, 0.25) is 5.91 Å². The number of morpholine rings is 1. The topological polar surface area (TPSA) is 205 Å². The number of aliphatic hydroxyl groups excluding tert-OH is 1. The molecule has 5 N–H and O–H groups in total. The van der Waals surface area contributed by atoms with Gasteiger partial charge in [-0.25, -0.2) is 37.1 Å². The number of amides is 4. The van der Waals surface area contributed by atoms with Crippen molar-refractivity contribution in [3.63, 3.8) is 0 Å². The van der Waals surface area contributed by atoms with E-state index in [1.165, 1.54) is 30.3 Å². The number of hydrazine groups is 1. The Hall–Kier alpha value is -7.22. The van der Waals surface area contributed by atoms with Crippen LogP contribution in [0.2, 0.25) is 0 Å². The molecule has 4 aromatic rings. The second-order valence-corrected chi connectivity index (χ2v) is 20.1. The molecule has 2 saturated heterocycles. The van der Waals surface area contributed by atoms with Crippen LogP contribution in [0.25, 0.3) is 11.3 Å². The van der Waals surface area contributed by atoms with Gasteiger partial charge in [-0.05, 0) is 82.1 Å². The van der Waals surface area contributed by atoms with Crippen LogP contribution in [0.3, 0.4) is 0 Å². The number of anilines is 1. The maximum absolute atomic E-state index is 16.1. The van der Waals surface area contributed by atoms with Gasteiger partial charge in [0.15, 0.2) is 0 Å². The summed E-state index contributed by atoms with van der Waals surface area (Å²) in [5.41, 5.74) is -4.13. The molecular formula is C52H60F10N10O8. The third kappa shape index (κ3) is 15.6. The first-order chi connectivity index (χ1) is 37.5. The van der Waals surface area contributed by atoms with Gasteiger partial charge in [-0.15, -0.1) is 0 Å². The number of carbonyl (C=O) groups excluding carboxylic acids is 4. The van der Waals surface area contributed by atoms with E-state index in [9.17, 15) is 59.4 Å². The molecule has 4 heterocycles. The highest BCUT2D eigenvalue weighted by atomic mass is 19.4. The van der Waals surface area contributed by atoms with Gasteiger partial charge in [-0.1, -0.05) is 24.0 Å². The lowest BCUT2D eigenvalue weighted by Gasteiger charge is -2.44. The molecule has 0 bridgehead atoms. The zero-order valence-corrected chi connectivity index (χ0v) is 44.2. The van der Waals surface area contributed by atoms with Gasteiger partial charge >= 0.3 is 24.5 Å².